The second-order valence-corrected chi connectivity index (χ2v) is 8.98. The number of ether oxygens (including phenoxy) is 2. The summed E-state index contributed by atoms with van der Waals surface area (Å²) >= 11 is 0. The second kappa shape index (κ2) is 9.79. The lowest BCUT2D eigenvalue weighted by Crippen LogP contribution is -2.49. The van der Waals surface area contributed by atoms with Crippen molar-refractivity contribution in [1.29, 1.82) is 0 Å². The number of tetrazole rings is 1. The van der Waals surface area contributed by atoms with Crippen LogP contribution in [0, 0.1) is 0 Å². The molecule has 1 fully saturated rings. The molecule has 8 heteroatoms. The predicted octanol–water partition coefficient (Wildman–Crippen LogP) is 3.75. The van der Waals surface area contributed by atoms with E-state index < -0.39 is 0 Å². The molecule has 1 aliphatic rings. The number of para-hydroxylation sites is 1. The van der Waals surface area contributed by atoms with Crippen LogP contribution in [-0.2, 0) is 5.54 Å². The van der Waals surface area contributed by atoms with Crippen LogP contribution in [0.2, 0.25) is 0 Å². The van der Waals surface area contributed by atoms with E-state index in [4.69, 9.17) is 9.47 Å². The van der Waals surface area contributed by atoms with Crippen LogP contribution in [0.15, 0.2) is 48.5 Å². The average Bonchev–Trinajstić information content (AvgIpc) is 3.35. The molecule has 3 aromatic rings. The lowest BCUT2D eigenvalue weighted by molar-refractivity contribution is 0.184. The first kappa shape index (κ1) is 23.0. The molecular weight excluding hydrogens is 416 g/mol. The van der Waals surface area contributed by atoms with E-state index in [2.05, 4.69) is 76.4 Å². The molecule has 33 heavy (non-hydrogen) atoms. The first-order valence-corrected chi connectivity index (χ1v) is 11.5. The Kier molecular flexibility index (Phi) is 6.83. The number of aromatic nitrogens is 4. The van der Waals surface area contributed by atoms with Gasteiger partial charge in [0.25, 0.3) is 0 Å². The molecule has 0 aliphatic carbocycles. The van der Waals surface area contributed by atoms with Crippen LogP contribution in [0.25, 0.3) is 0 Å². The van der Waals surface area contributed by atoms with Crippen molar-refractivity contribution >= 4 is 5.69 Å². The standard InChI is InChI=1S/C25H34N6O2/c1-6-25(2,3)31-24(26-27-28-31)23(21-18-20(32-4)12-13-22(21)33-5)30-16-14-29(15-17-30)19-10-8-7-9-11-19/h7-13,18,23H,6,14-17H2,1-5H3. The molecule has 4 rings (SSSR count). The summed E-state index contributed by atoms with van der Waals surface area (Å²) < 4.78 is 13.3. The molecule has 176 valence electrons. The number of rotatable bonds is 8. The van der Waals surface area contributed by atoms with Crippen molar-refractivity contribution in [3.8, 4) is 11.5 Å². The van der Waals surface area contributed by atoms with Gasteiger partial charge in [-0.25, -0.2) is 4.68 Å². The minimum Gasteiger partial charge on any atom is -0.497 e. The Hall–Kier alpha value is -3.13. The summed E-state index contributed by atoms with van der Waals surface area (Å²) in [7, 11) is 3.39. The normalized spacial score (nSPS) is 16.0. The lowest BCUT2D eigenvalue weighted by Gasteiger charge is -2.40. The van der Waals surface area contributed by atoms with Gasteiger partial charge in [-0.05, 0) is 61.0 Å². The number of anilines is 1. The topological polar surface area (TPSA) is 68.5 Å². The first-order chi connectivity index (χ1) is 16.0. The van der Waals surface area contributed by atoms with Crippen molar-refractivity contribution in [3.05, 3.63) is 59.9 Å². The van der Waals surface area contributed by atoms with Gasteiger partial charge in [0.05, 0.1) is 19.8 Å². The summed E-state index contributed by atoms with van der Waals surface area (Å²) in [6, 6.07) is 16.3. The van der Waals surface area contributed by atoms with E-state index in [1.807, 2.05) is 22.9 Å². The van der Waals surface area contributed by atoms with E-state index in [9.17, 15) is 0 Å². The van der Waals surface area contributed by atoms with E-state index in [-0.39, 0.29) is 11.6 Å². The fourth-order valence-corrected chi connectivity index (χ4v) is 4.37. The van der Waals surface area contributed by atoms with Crippen LogP contribution >= 0.6 is 0 Å². The van der Waals surface area contributed by atoms with Gasteiger partial charge in [0.1, 0.15) is 17.5 Å². The summed E-state index contributed by atoms with van der Waals surface area (Å²) in [5.74, 6) is 2.41. The van der Waals surface area contributed by atoms with Crippen LogP contribution in [0.1, 0.15) is 44.6 Å². The van der Waals surface area contributed by atoms with Crippen molar-refractivity contribution in [2.75, 3.05) is 45.3 Å². The Balaban J connectivity index is 1.74. The summed E-state index contributed by atoms with van der Waals surface area (Å²) in [6.07, 6.45) is 0.911. The van der Waals surface area contributed by atoms with Crippen molar-refractivity contribution in [3.63, 3.8) is 0 Å². The van der Waals surface area contributed by atoms with Crippen molar-refractivity contribution in [2.45, 2.75) is 38.8 Å². The van der Waals surface area contributed by atoms with Crippen LogP contribution in [0.3, 0.4) is 0 Å². The first-order valence-electron chi connectivity index (χ1n) is 11.5. The highest BCUT2D eigenvalue weighted by Crippen LogP contribution is 2.38. The van der Waals surface area contributed by atoms with E-state index in [1.54, 1.807) is 14.2 Å². The lowest BCUT2D eigenvalue weighted by atomic mass is 9.98. The summed E-state index contributed by atoms with van der Waals surface area (Å²) in [6.45, 7) is 10.1. The highest BCUT2D eigenvalue weighted by Gasteiger charge is 2.36. The van der Waals surface area contributed by atoms with Gasteiger partial charge in [0.2, 0.25) is 0 Å². The van der Waals surface area contributed by atoms with Gasteiger partial charge >= 0.3 is 0 Å². The molecule has 0 radical (unpaired) electrons. The highest BCUT2D eigenvalue weighted by molar-refractivity contribution is 5.47. The minimum atomic E-state index is -0.213. The van der Waals surface area contributed by atoms with Gasteiger partial charge in [-0.15, -0.1) is 5.10 Å². The number of hydrogen-bond acceptors (Lipinski definition) is 7. The molecular formula is C25H34N6O2. The zero-order valence-corrected chi connectivity index (χ0v) is 20.2. The van der Waals surface area contributed by atoms with E-state index in [0.717, 1.165) is 55.5 Å². The molecule has 0 bridgehead atoms. The fraction of sp³-hybridized carbons (Fsp3) is 0.480. The van der Waals surface area contributed by atoms with Crippen molar-refractivity contribution in [2.24, 2.45) is 0 Å². The third-order valence-corrected chi connectivity index (χ3v) is 6.71. The minimum absolute atomic E-state index is 0.159. The van der Waals surface area contributed by atoms with Crippen LogP contribution < -0.4 is 14.4 Å². The third kappa shape index (κ3) is 4.66. The molecule has 1 aromatic heterocycles. The Bertz CT molecular complexity index is 1040. The molecule has 1 atom stereocenters. The highest BCUT2D eigenvalue weighted by atomic mass is 16.5. The van der Waals surface area contributed by atoms with Gasteiger partial charge in [0, 0.05) is 37.4 Å². The summed E-state index contributed by atoms with van der Waals surface area (Å²) in [5.41, 5.74) is 2.05. The smallest absolute Gasteiger partial charge is 0.173 e. The van der Waals surface area contributed by atoms with E-state index in [0.29, 0.717) is 0 Å². The maximum atomic E-state index is 5.79. The van der Waals surface area contributed by atoms with Crippen LogP contribution in [0.5, 0.6) is 11.5 Å². The number of nitrogens with zero attached hydrogens (tertiary/aromatic N) is 6. The summed E-state index contributed by atoms with van der Waals surface area (Å²) in [5, 5.41) is 13.0. The quantitative estimate of drug-likeness (QED) is 0.518. The molecule has 1 saturated heterocycles. The number of hydrogen-bond donors (Lipinski definition) is 0. The van der Waals surface area contributed by atoms with E-state index >= 15 is 0 Å². The third-order valence-electron chi connectivity index (χ3n) is 6.71. The molecule has 1 aliphatic heterocycles. The molecule has 2 heterocycles. The molecule has 0 N–H and O–H groups in total. The molecule has 2 aromatic carbocycles. The predicted molar refractivity (Wildman–Crippen MR) is 129 cm³/mol. The largest absolute Gasteiger partial charge is 0.497 e. The van der Waals surface area contributed by atoms with Crippen LogP contribution in [0.4, 0.5) is 5.69 Å². The van der Waals surface area contributed by atoms with Crippen molar-refractivity contribution in [1.82, 2.24) is 25.1 Å². The average molecular weight is 451 g/mol. The second-order valence-electron chi connectivity index (χ2n) is 8.98. The van der Waals surface area contributed by atoms with Gasteiger partial charge in [-0.2, -0.15) is 0 Å². The Morgan fingerprint density at radius 1 is 0.970 bits per heavy atom. The number of piperazine rings is 1. The number of benzene rings is 2. The molecule has 0 spiro atoms. The monoisotopic (exact) mass is 450 g/mol. The zero-order chi connectivity index (χ0) is 23.4. The van der Waals surface area contributed by atoms with Gasteiger partial charge in [0.15, 0.2) is 5.82 Å². The van der Waals surface area contributed by atoms with Gasteiger partial charge in [-0.3, -0.25) is 4.90 Å². The zero-order valence-electron chi connectivity index (χ0n) is 20.2. The molecule has 8 nitrogen and oxygen atoms in total. The Morgan fingerprint density at radius 2 is 1.70 bits per heavy atom. The fourth-order valence-electron chi connectivity index (χ4n) is 4.37. The van der Waals surface area contributed by atoms with Gasteiger partial charge < -0.3 is 14.4 Å². The summed E-state index contributed by atoms with van der Waals surface area (Å²) in [4.78, 5) is 4.87. The Morgan fingerprint density at radius 3 is 2.33 bits per heavy atom. The molecule has 0 saturated carbocycles. The maximum absolute atomic E-state index is 5.79. The number of methoxy groups -OCH3 is 2. The maximum Gasteiger partial charge on any atom is 0.173 e. The van der Waals surface area contributed by atoms with Gasteiger partial charge in [-0.1, -0.05) is 25.1 Å². The van der Waals surface area contributed by atoms with Crippen LogP contribution in [-0.4, -0.2) is 65.5 Å². The SMILES string of the molecule is CCC(C)(C)n1nnnc1C(c1cc(OC)ccc1OC)N1CCN(c2ccccc2)CC1. The van der Waals surface area contributed by atoms with E-state index in [1.165, 1.54) is 5.69 Å². The van der Waals surface area contributed by atoms with Crippen molar-refractivity contribution < 1.29 is 9.47 Å². The molecule has 0 amide bonds. The Labute approximate surface area is 196 Å². The molecule has 1 unspecified atom stereocenters.